The monoisotopic (exact) mass is 478 g/mol. The molecule has 1 atom stereocenters. The molecule has 0 aliphatic carbocycles. The maximum absolute atomic E-state index is 12.8. The number of imidazole rings is 1. The van der Waals surface area contributed by atoms with Gasteiger partial charge in [-0.3, -0.25) is 9.69 Å². The fourth-order valence-corrected chi connectivity index (χ4v) is 4.11. The molecule has 3 heterocycles. The van der Waals surface area contributed by atoms with Crippen LogP contribution < -0.4 is 11.2 Å². The number of amides is 2. The molecule has 2 aromatic heterocycles. The molecule has 2 amide bonds. The van der Waals surface area contributed by atoms with Crippen LogP contribution in [0.2, 0.25) is 0 Å². The molecule has 11 nitrogen and oxygen atoms in total. The van der Waals surface area contributed by atoms with Gasteiger partial charge in [-0.15, -0.1) is 0 Å². The number of pyridine rings is 1. The number of aromatic nitrogens is 3. The predicted octanol–water partition coefficient (Wildman–Crippen LogP) is 3.29. The summed E-state index contributed by atoms with van der Waals surface area (Å²) in [5.74, 6) is 5.97. The van der Waals surface area contributed by atoms with Gasteiger partial charge in [0, 0.05) is 23.9 Å². The summed E-state index contributed by atoms with van der Waals surface area (Å²) in [5, 5.41) is 12.4. The number of carboxylic acid groups (broad SMARTS) is 1. The SMILES string of the molecule is CCOC(=O)c1c(-c2ccc(C(=O)Nc3ccccn3)cc2)nc(C2CCCCN2C(=O)O)n1N. The van der Waals surface area contributed by atoms with E-state index >= 15 is 0 Å². The minimum Gasteiger partial charge on any atom is -0.465 e. The van der Waals surface area contributed by atoms with Crippen LogP contribution in [0.4, 0.5) is 10.6 Å². The zero-order valence-corrected chi connectivity index (χ0v) is 19.2. The molecule has 1 aliphatic rings. The Kier molecular flexibility index (Phi) is 6.95. The molecular weight excluding hydrogens is 452 g/mol. The Balaban J connectivity index is 1.69. The van der Waals surface area contributed by atoms with Gasteiger partial charge in [-0.1, -0.05) is 18.2 Å². The fourth-order valence-electron chi connectivity index (χ4n) is 4.11. The largest absolute Gasteiger partial charge is 0.465 e. The molecule has 0 saturated carbocycles. The van der Waals surface area contributed by atoms with Gasteiger partial charge in [0.2, 0.25) is 0 Å². The standard InChI is InChI=1S/C24H26N6O5/c1-2-35-23(32)20-19(28-21(30(20)25)17-7-4-6-14-29(17)24(33)34)15-9-11-16(12-10-15)22(31)27-18-8-3-5-13-26-18/h3,5,8-13,17H,2,4,6-7,14,25H2,1H3,(H,33,34)(H,26,27,31). The van der Waals surface area contributed by atoms with Crippen LogP contribution in [0.15, 0.2) is 48.7 Å². The van der Waals surface area contributed by atoms with E-state index in [4.69, 9.17) is 10.6 Å². The van der Waals surface area contributed by atoms with E-state index in [2.05, 4.69) is 15.3 Å². The lowest BCUT2D eigenvalue weighted by Crippen LogP contribution is -2.39. The average molecular weight is 479 g/mol. The number of nitrogens with two attached hydrogens (primary N) is 1. The van der Waals surface area contributed by atoms with Gasteiger partial charge in [-0.25, -0.2) is 24.2 Å². The third-order valence-electron chi connectivity index (χ3n) is 5.78. The highest BCUT2D eigenvalue weighted by molar-refractivity contribution is 6.04. The summed E-state index contributed by atoms with van der Waals surface area (Å²) in [5.41, 5.74) is 1.19. The van der Waals surface area contributed by atoms with E-state index in [0.29, 0.717) is 29.9 Å². The molecule has 1 unspecified atom stereocenters. The second kappa shape index (κ2) is 10.2. The molecule has 0 radical (unpaired) electrons. The number of piperidine rings is 1. The molecule has 11 heteroatoms. The number of nitrogens with one attached hydrogen (secondary N) is 1. The van der Waals surface area contributed by atoms with Gasteiger partial charge < -0.3 is 21.0 Å². The summed E-state index contributed by atoms with van der Waals surface area (Å²) in [6, 6.07) is 11.1. The fraction of sp³-hybridized carbons (Fsp3) is 0.292. The molecule has 1 saturated heterocycles. The third-order valence-corrected chi connectivity index (χ3v) is 5.78. The Morgan fingerprint density at radius 3 is 2.60 bits per heavy atom. The minimum absolute atomic E-state index is 0.0171. The Morgan fingerprint density at radius 2 is 1.94 bits per heavy atom. The normalized spacial score (nSPS) is 15.5. The average Bonchev–Trinajstić information content (AvgIpc) is 3.21. The smallest absolute Gasteiger partial charge is 0.407 e. The molecule has 0 spiro atoms. The van der Waals surface area contributed by atoms with Crippen LogP contribution in [0.3, 0.4) is 0 Å². The summed E-state index contributed by atoms with van der Waals surface area (Å²) in [4.78, 5) is 47.1. The van der Waals surface area contributed by atoms with Crippen molar-refractivity contribution in [3.8, 4) is 11.3 Å². The molecule has 1 aliphatic heterocycles. The number of rotatable bonds is 6. The Hall–Kier alpha value is -4.41. The lowest BCUT2D eigenvalue weighted by atomic mass is 10.0. The maximum Gasteiger partial charge on any atom is 0.407 e. The van der Waals surface area contributed by atoms with E-state index in [0.717, 1.165) is 17.5 Å². The first-order valence-corrected chi connectivity index (χ1v) is 11.3. The van der Waals surface area contributed by atoms with Crippen molar-refractivity contribution in [1.82, 2.24) is 19.5 Å². The van der Waals surface area contributed by atoms with E-state index in [1.807, 2.05) is 0 Å². The van der Waals surface area contributed by atoms with Crippen LogP contribution in [0.1, 0.15) is 58.9 Å². The number of nitrogens with zero attached hydrogens (tertiary/aromatic N) is 4. The molecular formula is C24H26N6O5. The Labute approximate surface area is 201 Å². The first-order chi connectivity index (χ1) is 16.9. The van der Waals surface area contributed by atoms with Crippen molar-refractivity contribution in [3.63, 3.8) is 0 Å². The number of hydrogen-bond donors (Lipinski definition) is 3. The van der Waals surface area contributed by atoms with Crippen molar-refractivity contribution in [2.75, 3.05) is 24.3 Å². The first kappa shape index (κ1) is 23.7. The zero-order valence-electron chi connectivity index (χ0n) is 19.2. The van der Waals surface area contributed by atoms with Gasteiger partial charge in [0.05, 0.1) is 12.6 Å². The van der Waals surface area contributed by atoms with Crippen LogP contribution in [0.25, 0.3) is 11.3 Å². The van der Waals surface area contributed by atoms with Crippen LogP contribution in [-0.4, -0.2) is 55.8 Å². The van der Waals surface area contributed by atoms with Crippen molar-refractivity contribution >= 4 is 23.8 Å². The van der Waals surface area contributed by atoms with Crippen molar-refractivity contribution in [2.24, 2.45) is 0 Å². The molecule has 3 aromatic rings. The van der Waals surface area contributed by atoms with Crippen LogP contribution in [0.5, 0.6) is 0 Å². The number of carbonyl (C=O) groups excluding carboxylic acids is 2. The van der Waals surface area contributed by atoms with E-state index in [1.165, 1.54) is 4.90 Å². The molecule has 35 heavy (non-hydrogen) atoms. The van der Waals surface area contributed by atoms with Crippen molar-refractivity contribution in [2.45, 2.75) is 32.2 Å². The maximum atomic E-state index is 12.8. The highest BCUT2D eigenvalue weighted by Crippen LogP contribution is 2.34. The second-order valence-electron chi connectivity index (χ2n) is 7.99. The summed E-state index contributed by atoms with van der Waals surface area (Å²) >= 11 is 0. The lowest BCUT2D eigenvalue weighted by molar-refractivity contribution is 0.0516. The van der Waals surface area contributed by atoms with Crippen molar-refractivity contribution in [1.29, 1.82) is 0 Å². The number of nitrogen functional groups attached to an aromatic ring is 1. The van der Waals surface area contributed by atoms with Crippen molar-refractivity contribution < 1.29 is 24.2 Å². The first-order valence-electron chi connectivity index (χ1n) is 11.3. The Morgan fingerprint density at radius 1 is 1.17 bits per heavy atom. The second-order valence-corrected chi connectivity index (χ2v) is 7.99. The number of benzene rings is 1. The highest BCUT2D eigenvalue weighted by Gasteiger charge is 2.34. The van der Waals surface area contributed by atoms with Gasteiger partial charge in [-0.2, -0.15) is 0 Å². The van der Waals surface area contributed by atoms with Gasteiger partial charge in [0.25, 0.3) is 5.91 Å². The zero-order chi connectivity index (χ0) is 24.9. The Bertz CT molecular complexity index is 1230. The number of carbonyl (C=O) groups is 3. The summed E-state index contributed by atoms with van der Waals surface area (Å²) < 4.78 is 6.32. The number of hydrogen-bond acceptors (Lipinski definition) is 7. The molecule has 182 valence electrons. The molecule has 0 bridgehead atoms. The van der Waals surface area contributed by atoms with Crippen LogP contribution in [-0.2, 0) is 4.74 Å². The third kappa shape index (κ3) is 4.93. The summed E-state index contributed by atoms with van der Waals surface area (Å²) in [7, 11) is 0. The van der Waals surface area contributed by atoms with Gasteiger partial charge in [0.15, 0.2) is 11.5 Å². The molecule has 4 N–H and O–H groups in total. The van der Waals surface area contributed by atoms with Crippen LogP contribution >= 0.6 is 0 Å². The van der Waals surface area contributed by atoms with Gasteiger partial charge >= 0.3 is 12.1 Å². The van der Waals surface area contributed by atoms with E-state index < -0.39 is 18.1 Å². The number of likely N-dealkylation sites (tertiary alicyclic amines) is 1. The highest BCUT2D eigenvalue weighted by atomic mass is 16.5. The van der Waals surface area contributed by atoms with Gasteiger partial charge in [-0.05, 0) is 50.5 Å². The van der Waals surface area contributed by atoms with E-state index in [-0.39, 0.29) is 29.7 Å². The number of esters is 1. The van der Waals surface area contributed by atoms with E-state index in [1.54, 1.807) is 55.6 Å². The topological polar surface area (TPSA) is 153 Å². The molecule has 1 aromatic carbocycles. The minimum atomic E-state index is -1.07. The lowest BCUT2D eigenvalue weighted by Gasteiger charge is -2.32. The summed E-state index contributed by atoms with van der Waals surface area (Å²) in [6.45, 7) is 2.17. The predicted molar refractivity (Wildman–Crippen MR) is 127 cm³/mol. The summed E-state index contributed by atoms with van der Waals surface area (Å²) in [6.07, 6.45) is 2.60. The molecule has 1 fully saturated rings. The van der Waals surface area contributed by atoms with Crippen LogP contribution in [0, 0.1) is 0 Å². The number of ether oxygens (including phenoxy) is 1. The van der Waals surface area contributed by atoms with E-state index in [9.17, 15) is 19.5 Å². The van der Waals surface area contributed by atoms with Gasteiger partial charge in [0.1, 0.15) is 11.5 Å². The number of anilines is 1. The molecule has 4 rings (SSSR count). The quantitative estimate of drug-likeness (QED) is 0.360. The van der Waals surface area contributed by atoms with Crippen molar-refractivity contribution in [3.05, 3.63) is 65.7 Å².